The van der Waals surface area contributed by atoms with Gasteiger partial charge in [0.25, 0.3) is 5.91 Å². The molecule has 0 spiro atoms. The maximum Gasteiger partial charge on any atom is 0.251 e. The lowest BCUT2D eigenvalue weighted by Crippen LogP contribution is -2.42. The Morgan fingerprint density at radius 2 is 2.08 bits per heavy atom. The summed E-state index contributed by atoms with van der Waals surface area (Å²) in [5.41, 5.74) is 2.02. The Kier molecular flexibility index (Phi) is 8.84. The van der Waals surface area contributed by atoms with E-state index in [-0.39, 0.29) is 18.6 Å². The Bertz CT molecular complexity index is 1320. The normalized spacial score (nSPS) is 16.4. The number of unbranched alkanes of at least 4 members (excludes halogenated alkanes) is 1. The van der Waals surface area contributed by atoms with E-state index in [0.717, 1.165) is 55.7 Å². The summed E-state index contributed by atoms with van der Waals surface area (Å²) in [4.78, 5) is 34.9. The molecule has 1 atom stereocenters. The van der Waals surface area contributed by atoms with Gasteiger partial charge in [-0.15, -0.1) is 10.2 Å². The van der Waals surface area contributed by atoms with Gasteiger partial charge in [0.1, 0.15) is 30.7 Å². The van der Waals surface area contributed by atoms with Gasteiger partial charge >= 0.3 is 0 Å². The van der Waals surface area contributed by atoms with Gasteiger partial charge in [0, 0.05) is 24.8 Å². The van der Waals surface area contributed by atoms with Crippen molar-refractivity contribution in [2.24, 2.45) is 0 Å². The van der Waals surface area contributed by atoms with Crippen molar-refractivity contribution >= 4 is 29.6 Å². The number of aldehydes is 1. The predicted octanol–water partition coefficient (Wildman–Crippen LogP) is 3.75. The lowest BCUT2D eigenvalue weighted by molar-refractivity contribution is -0.111. The molecule has 1 saturated carbocycles. The van der Waals surface area contributed by atoms with Crippen LogP contribution in [0.15, 0.2) is 30.7 Å². The Balaban J connectivity index is 1.32. The SMILES string of the molecule is CC[C@@H]1c2nncn2-c2cnc(Nc3ccc(C(=O)NCCCCOCC=O)cc3OC)nc2N1C1CCCC1. The van der Waals surface area contributed by atoms with Gasteiger partial charge in [-0.25, -0.2) is 4.98 Å². The number of carbonyl (C=O) groups is 2. The van der Waals surface area contributed by atoms with E-state index in [9.17, 15) is 9.59 Å². The van der Waals surface area contributed by atoms with Gasteiger partial charge in [-0.2, -0.15) is 4.98 Å². The predicted molar refractivity (Wildman–Crippen MR) is 149 cm³/mol. The number of aromatic nitrogens is 5. The number of ether oxygens (including phenoxy) is 2. The van der Waals surface area contributed by atoms with E-state index in [1.54, 1.807) is 31.6 Å². The molecule has 5 rings (SSSR count). The van der Waals surface area contributed by atoms with Crippen LogP contribution in [0.1, 0.15) is 74.1 Å². The minimum atomic E-state index is -0.189. The third-order valence-electron chi connectivity index (χ3n) is 7.46. The van der Waals surface area contributed by atoms with Gasteiger partial charge in [-0.05, 0) is 50.3 Å². The van der Waals surface area contributed by atoms with Crippen molar-refractivity contribution in [2.75, 3.05) is 37.1 Å². The highest BCUT2D eigenvalue weighted by molar-refractivity contribution is 5.95. The first-order valence-electron chi connectivity index (χ1n) is 13.9. The van der Waals surface area contributed by atoms with Gasteiger partial charge in [0.15, 0.2) is 11.6 Å². The average molecular weight is 549 g/mol. The van der Waals surface area contributed by atoms with Crippen molar-refractivity contribution in [3.63, 3.8) is 0 Å². The maximum absolute atomic E-state index is 12.7. The van der Waals surface area contributed by atoms with E-state index < -0.39 is 0 Å². The number of hydrogen-bond acceptors (Lipinski definition) is 10. The molecule has 1 fully saturated rings. The minimum Gasteiger partial charge on any atom is -0.495 e. The summed E-state index contributed by atoms with van der Waals surface area (Å²) < 4.78 is 12.7. The second-order valence-corrected chi connectivity index (χ2v) is 9.98. The number of rotatable bonds is 13. The molecular weight excluding hydrogens is 512 g/mol. The van der Waals surface area contributed by atoms with E-state index in [0.29, 0.717) is 42.1 Å². The fourth-order valence-corrected chi connectivity index (χ4v) is 5.53. The average Bonchev–Trinajstić information content (AvgIpc) is 3.69. The number of nitrogens with one attached hydrogen (secondary N) is 2. The Morgan fingerprint density at radius 1 is 1.23 bits per heavy atom. The van der Waals surface area contributed by atoms with Gasteiger partial charge in [0.05, 0.1) is 25.0 Å². The number of benzene rings is 1. The zero-order valence-corrected chi connectivity index (χ0v) is 23.0. The van der Waals surface area contributed by atoms with E-state index >= 15 is 0 Å². The lowest BCUT2D eigenvalue weighted by atomic mass is 10.0. The number of amides is 1. The smallest absolute Gasteiger partial charge is 0.251 e. The number of fused-ring (bicyclic) bond motifs is 3. The van der Waals surface area contributed by atoms with Crippen LogP contribution in [0.2, 0.25) is 0 Å². The molecule has 0 saturated heterocycles. The monoisotopic (exact) mass is 548 g/mol. The van der Waals surface area contributed by atoms with Crippen molar-refractivity contribution in [3.8, 4) is 11.4 Å². The summed E-state index contributed by atoms with van der Waals surface area (Å²) in [7, 11) is 1.57. The lowest BCUT2D eigenvalue weighted by Gasteiger charge is -2.40. The van der Waals surface area contributed by atoms with Gasteiger partial charge in [-0.3, -0.25) is 9.36 Å². The van der Waals surface area contributed by atoms with E-state index in [1.165, 1.54) is 12.8 Å². The summed E-state index contributed by atoms with van der Waals surface area (Å²) in [6, 6.07) is 5.73. The molecule has 2 aromatic heterocycles. The summed E-state index contributed by atoms with van der Waals surface area (Å²) in [5.74, 6) is 2.56. The van der Waals surface area contributed by atoms with Crippen molar-refractivity contribution in [3.05, 3.63) is 42.1 Å². The Labute approximate surface area is 233 Å². The molecule has 3 heterocycles. The second kappa shape index (κ2) is 12.9. The van der Waals surface area contributed by atoms with Crippen LogP contribution in [0.25, 0.3) is 5.69 Å². The number of anilines is 3. The molecular formula is C28H36N8O4. The molecule has 1 aliphatic carbocycles. The molecule has 3 aromatic rings. The highest BCUT2D eigenvalue weighted by atomic mass is 16.5. The molecule has 0 unspecified atom stereocenters. The minimum absolute atomic E-state index is 0.0945. The first-order chi connectivity index (χ1) is 19.6. The fraction of sp³-hybridized carbons (Fsp3) is 0.500. The molecule has 1 aliphatic heterocycles. The maximum atomic E-state index is 12.7. The molecule has 0 radical (unpaired) electrons. The van der Waals surface area contributed by atoms with Gasteiger partial charge in [-0.1, -0.05) is 19.8 Å². The van der Waals surface area contributed by atoms with Crippen LogP contribution in [-0.4, -0.2) is 69.8 Å². The number of hydrogen-bond donors (Lipinski definition) is 2. The molecule has 1 amide bonds. The number of nitrogens with zero attached hydrogens (tertiary/aromatic N) is 6. The summed E-state index contributed by atoms with van der Waals surface area (Å²) in [5, 5.41) is 14.8. The molecule has 12 heteroatoms. The van der Waals surface area contributed by atoms with Crippen molar-refractivity contribution < 1.29 is 19.1 Å². The van der Waals surface area contributed by atoms with Crippen LogP contribution in [-0.2, 0) is 9.53 Å². The van der Waals surface area contributed by atoms with E-state index in [4.69, 9.17) is 14.5 Å². The van der Waals surface area contributed by atoms with E-state index in [2.05, 4.69) is 37.6 Å². The molecule has 12 nitrogen and oxygen atoms in total. The number of carbonyl (C=O) groups excluding carboxylic acids is 2. The zero-order valence-electron chi connectivity index (χ0n) is 23.0. The summed E-state index contributed by atoms with van der Waals surface area (Å²) >= 11 is 0. The summed E-state index contributed by atoms with van der Waals surface area (Å²) in [6.45, 7) is 3.28. The quantitative estimate of drug-likeness (QED) is 0.240. The van der Waals surface area contributed by atoms with Gasteiger partial charge in [0.2, 0.25) is 5.95 Å². The Morgan fingerprint density at radius 3 is 2.85 bits per heavy atom. The molecule has 2 aliphatic rings. The third kappa shape index (κ3) is 5.76. The standard InChI is InChI=1S/C28H36N8O4/c1-3-22-26-34-31-18-35(26)23-17-30-28(33-25(23)36(22)20-8-4-5-9-20)32-21-11-10-19(16-24(21)39-2)27(38)29-12-6-7-14-40-15-13-37/h10-11,13,16-18,20,22H,3-9,12,14-15H2,1-2H3,(H,29,38)(H,30,32,33)/t22-/m1/s1. The van der Waals surface area contributed by atoms with Gasteiger partial charge < -0.3 is 29.8 Å². The first-order valence-corrected chi connectivity index (χ1v) is 13.9. The third-order valence-corrected chi connectivity index (χ3v) is 7.46. The van der Waals surface area contributed by atoms with Crippen LogP contribution >= 0.6 is 0 Å². The molecule has 212 valence electrons. The van der Waals surface area contributed by atoms with Crippen molar-refractivity contribution in [1.29, 1.82) is 0 Å². The molecule has 2 N–H and O–H groups in total. The van der Waals surface area contributed by atoms with Crippen molar-refractivity contribution in [2.45, 2.75) is 64.0 Å². The van der Waals surface area contributed by atoms with Crippen LogP contribution < -0.4 is 20.3 Å². The van der Waals surface area contributed by atoms with E-state index in [1.807, 2.05) is 10.8 Å². The highest BCUT2D eigenvalue weighted by Crippen LogP contribution is 2.43. The summed E-state index contributed by atoms with van der Waals surface area (Å²) in [6.07, 6.45) is 11.4. The van der Waals surface area contributed by atoms with Crippen LogP contribution in [0, 0.1) is 0 Å². The fourth-order valence-electron chi connectivity index (χ4n) is 5.53. The number of methoxy groups -OCH3 is 1. The molecule has 1 aromatic carbocycles. The molecule has 40 heavy (non-hydrogen) atoms. The first kappa shape index (κ1) is 27.5. The largest absolute Gasteiger partial charge is 0.495 e. The highest BCUT2D eigenvalue weighted by Gasteiger charge is 2.38. The molecule has 0 bridgehead atoms. The zero-order chi connectivity index (χ0) is 27.9. The van der Waals surface area contributed by atoms with Crippen molar-refractivity contribution in [1.82, 2.24) is 30.0 Å². The second-order valence-electron chi connectivity index (χ2n) is 9.98. The topological polar surface area (TPSA) is 136 Å². The van der Waals surface area contributed by atoms with Crippen LogP contribution in [0.4, 0.5) is 17.5 Å². The van der Waals surface area contributed by atoms with Crippen LogP contribution in [0.3, 0.4) is 0 Å². The Hall–Kier alpha value is -4.06. The van der Waals surface area contributed by atoms with Crippen LogP contribution in [0.5, 0.6) is 5.75 Å².